The summed E-state index contributed by atoms with van der Waals surface area (Å²) in [4.78, 5) is 7.79. The summed E-state index contributed by atoms with van der Waals surface area (Å²) in [5.74, 6) is 0.514. The van der Waals surface area contributed by atoms with Gasteiger partial charge in [0.1, 0.15) is 5.82 Å². The number of imidazole rings is 1. The van der Waals surface area contributed by atoms with Crippen molar-refractivity contribution in [1.82, 2.24) is 14.3 Å². The average molecular weight is 396 g/mol. The first-order chi connectivity index (χ1) is 12.0. The number of hydrogen-bond acceptors (Lipinski definition) is 4. The highest BCUT2D eigenvalue weighted by atomic mass is 35.5. The van der Waals surface area contributed by atoms with Gasteiger partial charge in [-0.25, -0.2) is 13.4 Å². The van der Waals surface area contributed by atoms with Crippen LogP contribution in [0.4, 0.5) is 0 Å². The number of benzene rings is 1. The highest BCUT2D eigenvalue weighted by Gasteiger charge is 2.22. The molecule has 0 unspecified atom stereocenters. The van der Waals surface area contributed by atoms with Gasteiger partial charge in [0.05, 0.1) is 21.0 Å². The van der Waals surface area contributed by atoms with E-state index in [4.69, 9.17) is 11.6 Å². The van der Waals surface area contributed by atoms with Gasteiger partial charge < -0.3 is 4.98 Å². The number of aromatic amines is 1. The minimum absolute atomic E-state index is 0.247. The molecule has 0 aliphatic rings. The number of sulfonamides is 1. The van der Waals surface area contributed by atoms with E-state index in [1.54, 1.807) is 29.5 Å². The molecule has 2 heterocycles. The van der Waals surface area contributed by atoms with Crippen LogP contribution >= 0.6 is 22.9 Å². The Bertz CT molecular complexity index is 1000. The van der Waals surface area contributed by atoms with Crippen molar-refractivity contribution in [3.8, 4) is 0 Å². The van der Waals surface area contributed by atoms with Gasteiger partial charge in [0, 0.05) is 13.1 Å². The van der Waals surface area contributed by atoms with E-state index in [0.717, 1.165) is 5.56 Å². The van der Waals surface area contributed by atoms with E-state index in [0.29, 0.717) is 35.0 Å². The van der Waals surface area contributed by atoms with Gasteiger partial charge in [0.15, 0.2) is 0 Å². The molecule has 0 aliphatic carbocycles. The van der Waals surface area contributed by atoms with E-state index in [1.165, 1.54) is 4.31 Å². The van der Waals surface area contributed by atoms with E-state index in [-0.39, 0.29) is 4.90 Å². The Hall–Kier alpha value is -1.67. The highest BCUT2D eigenvalue weighted by molar-refractivity contribution is 7.89. The lowest BCUT2D eigenvalue weighted by molar-refractivity contribution is 0.445. The van der Waals surface area contributed by atoms with Gasteiger partial charge in [-0.2, -0.15) is 15.6 Å². The summed E-state index contributed by atoms with van der Waals surface area (Å²) in [6.45, 7) is 4.51. The largest absolute Gasteiger partial charge is 0.337 e. The van der Waals surface area contributed by atoms with Crippen LogP contribution in [0.15, 0.2) is 39.9 Å². The van der Waals surface area contributed by atoms with E-state index < -0.39 is 10.0 Å². The summed E-state index contributed by atoms with van der Waals surface area (Å²) in [5, 5.41) is 4.43. The van der Waals surface area contributed by atoms with Crippen LogP contribution in [0.1, 0.15) is 25.2 Å². The Labute approximate surface area is 156 Å². The van der Waals surface area contributed by atoms with Gasteiger partial charge in [0.25, 0.3) is 0 Å². The molecule has 1 N–H and O–H groups in total. The Balaban J connectivity index is 2.00. The molecule has 0 aliphatic heterocycles. The lowest BCUT2D eigenvalue weighted by Crippen LogP contribution is -2.30. The molecule has 0 spiro atoms. The molecule has 0 radical (unpaired) electrons. The van der Waals surface area contributed by atoms with E-state index in [2.05, 4.69) is 9.97 Å². The first-order valence-corrected chi connectivity index (χ1v) is 10.6. The maximum Gasteiger partial charge on any atom is 0.243 e. The summed E-state index contributed by atoms with van der Waals surface area (Å²) in [6, 6.07) is 6.84. The number of hydrogen-bond donors (Lipinski definition) is 1. The number of nitrogens with one attached hydrogen (secondary N) is 1. The molecule has 5 nitrogen and oxygen atoms in total. The molecule has 0 fully saturated rings. The molecule has 1 aromatic carbocycles. The highest BCUT2D eigenvalue weighted by Crippen LogP contribution is 2.25. The molecule has 3 aromatic rings. The molecule has 0 amide bonds. The van der Waals surface area contributed by atoms with Crippen molar-refractivity contribution in [1.29, 1.82) is 0 Å². The maximum atomic E-state index is 12.6. The number of halogens is 1. The van der Waals surface area contributed by atoms with Crippen molar-refractivity contribution in [3.05, 3.63) is 46.4 Å². The molecule has 0 saturated heterocycles. The first kappa shape index (κ1) is 18.1. The van der Waals surface area contributed by atoms with Crippen molar-refractivity contribution in [2.75, 3.05) is 13.1 Å². The zero-order valence-electron chi connectivity index (χ0n) is 13.9. The van der Waals surface area contributed by atoms with E-state index in [9.17, 15) is 8.42 Å². The molecule has 132 valence electrons. The smallest absolute Gasteiger partial charge is 0.243 e. The Kier molecular flexibility index (Phi) is 5.29. The average Bonchev–Trinajstić information content (AvgIpc) is 3.23. The second-order valence-corrected chi connectivity index (χ2v) is 8.53. The molecular formula is C17H18ClN3O2S2. The first-order valence-electron chi connectivity index (χ1n) is 7.85. The summed E-state index contributed by atoms with van der Waals surface area (Å²) in [7, 11) is -3.51. The predicted molar refractivity (Wildman–Crippen MR) is 104 cm³/mol. The second kappa shape index (κ2) is 7.29. The van der Waals surface area contributed by atoms with Gasteiger partial charge in [-0.05, 0) is 46.7 Å². The normalized spacial score (nSPS) is 13.0. The number of rotatable bonds is 6. The van der Waals surface area contributed by atoms with Crippen LogP contribution < -0.4 is 0 Å². The van der Waals surface area contributed by atoms with Crippen LogP contribution in [0.3, 0.4) is 0 Å². The maximum absolute atomic E-state index is 12.6. The number of fused-ring (bicyclic) bond motifs is 1. The number of aromatic nitrogens is 2. The SMILES string of the molecule is CCN(CC)S(=O)(=O)c1ccc2nc(C(Cl)=Cc3ccsc3)[nH]c2c1. The zero-order valence-corrected chi connectivity index (χ0v) is 16.2. The standard InChI is InChI=1S/C17H18ClN3O2S2/c1-3-21(4-2)25(22,23)13-5-6-15-16(10-13)20-17(19-15)14(18)9-12-7-8-24-11-12/h5-11H,3-4H2,1-2H3,(H,19,20). The minimum Gasteiger partial charge on any atom is -0.337 e. The van der Waals surface area contributed by atoms with Crippen molar-refractivity contribution in [3.63, 3.8) is 0 Å². The van der Waals surface area contributed by atoms with Crippen molar-refractivity contribution >= 4 is 55.1 Å². The summed E-state index contributed by atoms with van der Waals surface area (Å²) < 4.78 is 26.7. The third-order valence-electron chi connectivity index (χ3n) is 3.86. The zero-order chi connectivity index (χ0) is 18.0. The van der Waals surface area contributed by atoms with Gasteiger partial charge in [-0.3, -0.25) is 0 Å². The summed E-state index contributed by atoms with van der Waals surface area (Å²) in [6.07, 6.45) is 1.82. The topological polar surface area (TPSA) is 66.1 Å². The molecule has 0 atom stereocenters. The third-order valence-corrected chi connectivity index (χ3v) is 6.89. The third kappa shape index (κ3) is 3.64. The molecule has 0 saturated carbocycles. The van der Waals surface area contributed by atoms with Crippen LogP contribution in [-0.2, 0) is 10.0 Å². The van der Waals surface area contributed by atoms with Gasteiger partial charge in [-0.1, -0.05) is 25.4 Å². The van der Waals surface area contributed by atoms with Gasteiger partial charge in [-0.15, -0.1) is 0 Å². The lowest BCUT2D eigenvalue weighted by Gasteiger charge is -2.18. The Morgan fingerprint density at radius 2 is 2.08 bits per heavy atom. The Morgan fingerprint density at radius 1 is 1.32 bits per heavy atom. The van der Waals surface area contributed by atoms with Gasteiger partial charge in [0.2, 0.25) is 10.0 Å². The van der Waals surface area contributed by atoms with Crippen molar-refractivity contribution in [2.24, 2.45) is 0 Å². The quantitative estimate of drug-likeness (QED) is 0.673. The molecule has 0 bridgehead atoms. The van der Waals surface area contributed by atoms with Crippen LogP contribution in [0.5, 0.6) is 0 Å². The lowest BCUT2D eigenvalue weighted by atomic mass is 10.3. The van der Waals surface area contributed by atoms with Crippen molar-refractivity contribution in [2.45, 2.75) is 18.7 Å². The predicted octanol–water partition coefficient (Wildman–Crippen LogP) is 4.39. The minimum atomic E-state index is -3.51. The van der Waals surface area contributed by atoms with E-state index in [1.807, 2.05) is 36.7 Å². The van der Waals surface area contributed by atoms with Crippen LogP contribution in [0.25, 0.3) is 22.1 Å². The fourth-order valence-corrected chi connectivity index (χ4v) is 4.86. The number of H-pyrrole nitrogens is 1. The fourth-order valence-electron chi connectivity index (χ4n) is 2.55. The van der Waals surface area contributed by atoms with Crippen LogP contribution in [0, 0.1) is 0 Å². The Morgan fingerprint density at radius 3 is 2.72 bits per heavy atom. The van der Waals surface area contributed by atoms with Crippen molar-refractivity contribution < 1.29 is 8.42 Å². The van der Waals surface area contributed by atoms with Gasteiger partial charge >= 0.3 is 0 Å². The molecular weight excluding hydrogens is 378 g/mol. The van der Waals surface area contributed by atoms with Crippen LogP contribution in [0.2, 0.25) is 0 Å². The number of thiophene rings is 1. The summed E-state index contributed by atoms with van der Waals surface area (Å²) >= 11 is 7.93. The van der Waals surface area contributed by atoms with Crippen LogP contribution in [-0.4, -0.2) is 35.8 Å². The monoisotopic (exact) mass is 395 g/mol. The van der Waals surface area contributed by atoms with E-state index >= 15 is 0 Å². The molecule has 2 aromatic heterocycles. The second-order valence-electron chi connectivity index (χ2n) is 5.40. The fraction of sp³-hybridized carbons (Fsp3) is 0.235. The molecule has 3 rings (SSSR count). The number of nitrogens with zero attached hydrogens (tertiary/aromatic N) is 2. The summed E-state index contributed by atoms with van der Waals surface area (Å²) in [5.41, 5.74) is 2.31. The molecule has 25 heavy (non-hydrogen) atoms. The molecule has 8 heteroatoms.